The van der Waals surface area contributed by atoms with Crippen molar-refractivity contribution in [2.75, 3.05) is 6.54 Å². The van der Waals surface area contributed by atoms with Crippen LogP contribution in [0.15, 0.2) is 53.9 Å². The molecule has 0 saturated heterocycles. The number of hydrogen-bond acceptors (Lipinski definition) is 5. The number of benzene rings is 2. The van der Waals surface area contributed by atoms with E-state index in [0.29, 0.717) is 23.7 Å². The first kappa shape index (κ1) is 20.0. The van der Waals surface area contributed by atoms with Gasteiger partial charge in [-0.3, -0.25) is 9.00 Å². The van der Waals surface area contributed by atoms with Gasteiger partial charge in [-0.2, -0.15) is 0 Å². The zero-order valence-electron chi connectivity index (χ0n) is 14.9. The third kappa shape index (κ3) is 5.14. The molecule has 0 aliphatic heterocycles. The van der Waals surface area contributed by atoms with E-state index in [1.165, 1.54) is 11.3 Å². The van der Waals surface area contributed by atoms with Crippen LogP contribution in [0.2, 0.25) is 0 Å². The maximum absolute atomic E-state index is 12.0. The number of thiazole rings is 1. The molecule has 1 amide bonds. The van der Waals surface area contributed by atoms with Crippen LogP contribution in [0.5, 0.6) is 0 Å². The number of amides is 1. The Morgan fingerprint density at radius 2 is 1.96 bits per heavy atom. The summed E-state index contributed by atoms with van der Waals surface area (Å²) in [6.07, 6.45) is 5.93. The van der Waals surface area contributed by atoms with Crippen LogP contribution in [0.3, 0.4) is 0 Å². The van der Waals surface area contributed by atoms with Crippen LogP contribution in [0, 0.1) is 12.3 Å². The van der Waals surface area contributed by atoms with Gasteiger partial charge >= 0.3 is 0 Å². The van der Waals surface area contributed by atoms with Crippen molar-refractivity contribution in [1.29, 1.82) is 0 Å². The SMILES string of the molecule is C#Cc1nc(C(=O)NCCc2ccc(-c3ccccc3CS(=O)[O-])cc2)cs1. The Morgan fingerprint density at radius 3 is 2.64 bits per heavy atom. The topological polar surface area (TPSA) is 82.1 Å². The van der Waals surface area contributed by atoms with Crippen LogP contribution in [-0.4, -0.2) is 26.2 Å². The normalized spacial score (nSPS) is 11.6. The molecule has 0 radical (unpaired) electrons. The molecule has 0 aliphatic carbocycles. The molecule has 142 valence electrons. The predicted octanol–water partition coefficient (Wildman–Crippen LogP) is 3.14. The Labute approximate surface area is 170 Å². The van der Waals surface area contributed by atoms with Gasteiger partial charge in [0.05, 0.1) is 0 Å². The average Bonchev–Trinajstić information content (AvgIpc) is 3.18. The molecule has 1 atom stereocenters. The minimum Gasteiger partial charge on any atom is -0.772 e. The average molecular weight is 410 g/mol. The van der Waals surface area contributed by atoms with E-state index in [1.54, 1.807) is 5.38 Å². The van der Waals surface area contributed by atoms with E-state index in [9.17, 15) is 13.6 Å². The van der Waals surface area contributed by atoms with Crippen molar-refractivity contribution in [3.63, 3.8) is 0 Å². The number of carbonyl (C=O) groups excluding carboxylic acids is 1. The van der Waals surface area contributed by atoms with Crippen LogP contribution in [0.1, 0.15) is 26.6 Å². The molecule has 0 aliphatic rings. The Kier molecular flexibility index (Phi) is 6.71. The van der Waals surface area contributed by atoms with E-state index in [4.69, 9.17) is 6.42 Å². The van der Waals surface area contributed by atoms with Crippen LogP contribution in [-0.2, 0) is 23.3 Å². The Bertz CT molecular complexity index is 1040. The lowest BCUT2D eigenvalue weighted by molar-refractivity contribution is 0.0950. The molecule has 3 aromatic rings. The molecule has 28 heavy (non-hydrogen) atoms. The monoisotopic (exact) mass is 409 g/mol. The summed E-state index contributed by atoms with van der Waals surface area (Å²) in [5.41, 5.74) is 4.03. The minimum atomic E-state index is -2.13. The van der Waals surface area contributed by atoms with E-state index in [1.807, 2.05) is 48.5 Å². The van der Waals surface area contributed by atoms with Crippen molar-refractivity contribution in [1.82, 2.24) is 10.3 Å². The fourth-order valence-corrected chi connectivity index (χ4v) is 3.87. The number of aromatic nitrogens is 1. The van der Waals surface area contributed by atoms with Gasteiger partial charge in [0.15, 0.2) is 5.01 Å². The highest BCUT2D eigenvalue weighted by Crippen LogP contribution is 2.25. The van der Waals surface area contributed by atoms with Gasteiger partial charge in [0.25, 0.3) is 5.91 Å². The molecule has 1 unspecified atom stereocenters. The molecule has 1 heterocycles. The van der Waals surface area contributed by atoms with Gasteiger partial charge in [0.1, 0.15) is 5.69 Å². The Hall–Kier alpha value is -2.79. The lowest BCUT2D eigenvalue weighted by atomic mass is 9.99. The van der Waals surface area contributed by atoms with Gasteiger partial charge in [-0.25, -0.2) is 4.98 Å². The molecule has 7 heteroatoms. The molecule has 1 aromatic heterocycles. The third-order valence-electron chi connectivity index (χ3n) is 4.12. The molecule has 0 bridgehead atoms. The van der Waals surface area contributed by atoms with Crippen LogP contribution < -0.4 is 5.32 Å². The number of carbonyl (C=O) groups is 1. The van der Waals surface area contributed by atoms with E-state index in [2.05, 4.69) is 16.2 Å². The lowest BCUT2D eigenvalue weighted by Gasteiger charge is -2.12. The number of nitrogens with zero attached hydrogens (tertiary/aromatic N) is 1. The van der Waals surface area contributed by atoms with Crippen molar-refractivity contribution in [2.24, 2.45) is 0 Å². The summed E-state index contributed by atoms with van der Waals surface area (Å²) >= 11 is -0.869. The van der Waals surface area contributed by atoms with Gasteiger partial charge in [0.2, 0.25) is 0 Å². The summed E-state index contributed by atoms with van der Waals surface area (Å²) in [5, 5.41) is 4.96. The zero-order valence-corrected chi connectivity index (χ0v) is 16.5. The van der Waals surface area contributed by atoms with Crippen LogP contribution in [0.25, 0.3) is 11.1 Å². The lowest BCUT2D eigenvalue weighted by Crippen LogP contribution is -2.25. The summed E-state index contributed by atoms with van der Waals surface area (Å²) in [5.74, 6) is 2.16. The number of terminal acetylenes is 1. The largest absolute Gasteiger partial charge is 0.772 e. The molecule has 3 rings (SSSR count). The van der Waals surface area contributed by atoms with Gasteiger partial charge in [-0.1, -0.05) is 59.6 Å². The third-order valence-corrected chi connectivity index (χ3v) is 5.44. The smallest absolute Gasteiger partial charge is 0.270 e. The van der Waals surface area contributed by atoms with Gasteiger partial charge in [-0.05, 0) is 34.6 Å². The van der Waals surface area contributed by atoms with Gasteiger partial charge in [-0.15, -0.1) is 17.8 Å². The molecule has 0 fully saturated rings. The Morgan fingerprint density at radius 1 is 1.21 bits per heavy atom. The number of nitrogens with one attached hydrogen (secondary N) is 1. The second-order valence-corrected chi connectivity index (χ2v) is 7.74. The fourth-order valence-electron chi connectivity index (χ4n) is 2.76. The van der Waals surface area contributed by atoms with Crippen LogP contribution >= 0.6 is 11.3 Å². The molecular weight excluding hydrogens is 392 g/mol. The van der Waals surface area contributed by atoms with Gasteiger partial charge in [0, 0.05) is 17.7 Å². The highest BCUT2D eigenvalue weighted by molar-refractivity contribution is 7.78. The van der Waals surface area contributed by atoms with Gasteiger partial charge < -0.3 is 9.87 Å². The highest BCUT2D eigenvalue weighted by atomic mass is 32.2. The molecular formula is C21H17N2O3S2-. The highest BCUT2D eigenvalue weighted by Gasteiger charge is 2.09. The van der Waals surface area contributed by atoms with Crippen molar-refractivity contribution in [3.05, 3.63) is 75.7 Å². The Balaban J connectivity index is 1.60. The van der Waals surface area contributed by atoms with Crippen molar-refractivity contribution in [2.45, 2.75) is 12.2 Å². The van der Waals surface area contributed by atoms with Crippen LogP contribution in [0.4, 0.5) is 0 Å². The standard InChI is InChI=1S/C21H18N2O3S2/c1-2-20-23-19(13-27-20)21(24)22-12-11-15-7-9-16(10-8-15)18-6-4-3-5-17(18)14-28(25)26/h1,3-10,13H,11-12,14H2,(H,22,24)(H,25,26)/p-1. The summed E-state index contributed by atoms with van der Waals surface area (Å²) in [7, 11) is 0. The molecule has 0 saturated carbocycles. The molecule has 2 aromatic carbocycles. The predicted molar refractivity (Wildman–Crippen MR) is 111 cm³/mol. The second-order valence-electron chi connectivity index (χ2n) is 5.99. The second kappa shape index (κ2) is 9.42. The summed E-state index contributed by atoms with van der Waals surface area (Å²) in [6.45, 7) is 0.479. The van der Waals surface area contributed by atoms with E-state index in [0.717, 1.165) is 22.3 Å². The first-order valence-corrected chi connectivity index (χ1v) is 10.6. The number of rotatable bonds is 7. The maximum Gasteiger partial charge on any atom is 0.270 e. The van der Waals surface area contributed by atoms with E-state index >= 15 is 0 Å². The molecule has 1 N–H and O–H groups in total. The van der Waals surface area contributed by atoms with E-state index < -0.39 is 11.1 Å². The van der Waals surface area contributed by atoms with Crippen molar-refractivity contribution in [3.8, 4) is 23.5 Å². The van der Waals surface area contributed by atoms with E-state index in [-0.39, 0.29) is 11.7 Å². The fraction of sp³-hybridized carbons (Fsp3) is 0.143. The molecule has 5 nitrogen and oxygen atoms in total. The first-order chi connectivity index (χ1) is 13.6. The summed E-state index contributed by atoms with van der Waals surface area (Å²) < 4.78 is 22.1. The van der Waals surface area contributed by atoms with Crippen molar-refractivity contribution < 1.29 is 13.6 Å². The summed E-state index contributed by atoms with van der Waals surface area (Å²) in [4.78, 5) is 16.1. The molecule has 0 spiro atoms. The quantitative estimate of drug-likeness (QED) is 0.480. The first-order valence-electron chi connectivity index (χ1n) is 8.50. The minimum absolute atomic E-state index is 0.0119. The maximum atomic E-state index is 12.0. The summed E-state index contributed by atoms with van der Waals surface area (Å²) in [6, 6.07) is 15.3. The zero-order chi connectivity index (χ0) is 19.9. The number of hydrogen-bond donors (Lipinski definition) is 1. The van der Waals surface area contributed by atoms with Crippen molar-refractivity contribution >= 4 is 28.3 Å².